The number of unbranched alkanes of at least 4 members (excludes halogenated alkanes) is 1. The van der Waals surface area contributed by atoms with Crippen LogP contribution in [0.2, 0.25) is 0 Å². The molecule has 0 fully saturated rings. The number of carbonyl (C=O) groups excluding carboxylic acids is 1. The van der Waals surface area contributed by atoms with Gasteiger partial charge in [0.2, 0.25) is 0 Å². The molecular weight excluding hydrogens is 312 g/mol. The normalized spacial score (nSPS) is 11.2. The maximum Gasteiger partial charge on any atom is 0.277 e. The van der Waals surface area contributed by atoms with Crippen molar-refractivity contribution in [3.63, 3.8) is 0 Å². The van der Waals surface area contributed by atoms with Gasteiger partial charge in [0.15, 0.2) is 6.61 Å². The fraction of sp³-hybridized carbons (Fsp3) is 0.333. The van der Waals surface area contributed by atoms with Crippen molar-refractivity contribution in [3.8, 4) is 5.75 Å². The molecule has 0 aliphatic rings. The van der Waals surface area contributed by atoms with Crippen LogP contribution < -0.4 is 10.2 Å². The molecule has 25 heavy (non-hydrogen) atoms. The van der Waals surface area contributed by atoms with Crippen molar-refractivity contribution >= 4 is 11.6 Å². The van der Waals surface area contributed by atoms with Crippen LogP contribution in [0, 0.1) is 13.8 Å². The van der Waals surface area contributed by atoms with Crippen molar-refractivity contribution in [2.75, 3.05) is 6.61 Å². The molecule has 4 nitrogen and oxygen atoms in total. The second-order valence-electron chi connectivity index (χ2n) is 6.07. The summed E-state index contributed by atoms with van der Waals surface area (Å²) >= 11 is 0. The van der Waals surface area contributed by atoms with Gasteiger partial charge in [-0.05, 0) is 43.4 Å². The summed E-state index contributed by atoms with van der Waals surface area (Å²) < 4.78 is 5.67. The smallest absolute Gasteiger partial charge is 0.277 e. The number of benzene rings is 2. The van der Waals surface area contributed by atoms with Gasteiger partial charge in [-0.15, -0.1) is 0 Å². The molecule has 0 bridgehead atoms. The third-order valence-electron chi connectivity index (χ3n) is 3.95. The molecule has 2 aromatic carbocycles. The summed E-state index contributed by atoms with van der Waals surface area (Å²) in [7, 11) is 0. The summed E-state index contributed by atoms with van der Waals surface area (Å²) in [5, 5.41) is 4.33. The van der Waals surface area contributed by atoms with Gasteiger partial charge in [-0.1, -0.05) is 61.9 Å². The van der Waals surface area contributed by atoms with E-state index in [0.29, 0.717) is 0 Å². The Morgan fingerprint density at radius 2 is 1.72 bits per heavy atom. The van der Waals surface area contributed by atoms with E-state index in [1.54, 1.807) is 0 Å². The highest BCUT2D eigenvalue weighted by Gasteiger charge is 2.08. The monoisotopic (exact) mass is 338 g/mol. The molecule has 0 radical (unpaired) electrons. The highest BCUT2D eigenvalue weighted by molar-refractivity contribution is 6.01. The zero-order chi connectivity index (χ0) is 18.1. The van der Waals surface area contributed by atoms with Crippen LogP contribution in [-0.2, 0) is 4.79 Å². The fourth-order valence-electron chi connectivity index (χ4n) is 2.57. The molecule has 1 N–H and O–H groups in total. The average molecular weight is 338 g/mol. The summed E-state index contributed by atoms with van der Waals surface area (Å²) in [6.45, 7) is 6.03. The van der Waals surface area contributed by atoms with Crippen LogP contribution >= 0.6 is 0 Å². The number of hydrogen-bond donors (Lipinski definition) is 1. The highest BCUT2D eigenvalue weighted by Crippen LogP contribution is 2.22. The minimum absolute atomic E-state index is 0.0506. The van der Waals surface area contributed by atoms with Gasteiger partial charge < -0.3 is 4.74 Å². The number of ether oxygens (including phenoxy) is 1. The zero-order valence-electron chi connectivity index (χ0n) is 15.2. The van der Waals surface area contributed by atoms with E-state index in [2.05, 4.69) is 17.5 Å². The topological polar surface area (TPSA) is 50.7 Å². The van der Waals surface area contributed by atoms with Crippen molar-refractivity contribution < 1.29 is 9.53 Å². The number of carbonyl (C=O) groups is 1. The first-order valence-corrected chi connectivity index (χ1v) is 8.71. The average Bonchev–Trinajstić information content (AvgIpc) is 2.62. The van der Waals surface area contributed by atoms with Crippen molar-refractivity contribution in [1.82, 2.24) is 5.43 Å². The lowest BCUT2D eigenvalue weighted by atomic mass is 10.1. The van der Waals surface area contributed by atoms with Gasteiger partial charge in [0.25, 0.3) is 5.91 Å². The first-order valence-electron chi connectivity index (χ1n) is 8.71. The molecule has 0 unspecified atom stereocenters. The molecular formula is C21H26N2O2. The van der Waals surface area contributed by atoms with Crippen LogP contribution in [0.4, 0.5) is 0 Å². The van der Waals surface area contributed by atoms with E-state index < -0.39 is 0 Å². The van der Waals surface area contributed by atoms with Crippen molar-refractivity contribution in [2.45, 2.75) is 40.0 Å². The Balaban J connectivity index is 1.98. The zero-order valence-corrected chi connectivity index (χ0v) is 15.2. The van der Waals surface area contributed by atoms with Crippen LogP contribution in [0.15, 0.2) is 53.6 Å². The van der Waals surface area contributed by atoms with Crippen LogP contribution in [0.5, 0.6) is 5.75 Å². The second kappa shape index (κ2) is 9.62. The predicted octanol–water partition coefficient (Wildman–Crippen LogP) is 4.39. The molecule has 0 aliphatic carbocycles. The van der Waals surface area contributed by atoms with E-state index in [0.717, 1.165) is 47.4 Å². The van der Waals surface area contributed by atoms with E-state index >= 15 is 0 Å². The van der Waals surface area contributed by atoms with Gasteiger partial charge in [0.05, 0.1) is 5.71 Å². The highest BCUT2D eigenvalue weighted by atomic mass is 16.5. The largest absolute Gasteiger partial charge is 0.483 e. The Morgan fingerprint density at radius 3 is 2.36 bits per heavy atom. The molecule has 2 aromatic rings. The van der Waals surface area contributed by atoms with Gasteiger partial charge in [-0.25, -0.2) is 5.43 Å². The van der Waals surface area contributed by atoms with Crippen LogP contribution in [0.1, 0.15) is 42.9 Å². The van der Waals surface area contributed by atoms with Crippen LogP contribution in [0.25, 0.3) is 0 Å². The first kappa shape index (κ1) is 18.7. The number of amides is 1. The van der Waals surface area contributed by atoms with E-state index in [4.69, 9.17) is 4.74 Å². The minimum atomic E-state index is -0.257. The molecule has 0 aromatic heterocycles. The van der Waals surface area contributed by atoms with Gasteiger partial charge >= 0.3 is 0 Å². The summed E-state index contributed by atoms with van der Waals surface area (Å²) in [4.78, 5) is 12.1. The number of aryl methyl sites for hydroxylation is 2. The Bertz CT molecular complexity index is 704. The van der Waals surface area contributed by atoms with Gasteiger partial charge in [0, 0.05) is 0 Å². The molecule has 2 rings (SSSR count). The Kier molecular flexibility index (Phi) is 7.20. The SMILES string of the molecule is CCCCC(=NNC(=O)COc1c(C)cccc1C)c1ccccc1. The molecule has 132 valence electrons. The first-order chi connectivity index (χ1) is 12.1. The molecule has 0 saturated heterocycles. The lowest BCUT2D eigenvalue weighted by Crippen LogP contribution is -2.26. The lowest BCUT2D eigenvalue weighted by molar-refractivity contribution is -0.123. The quantitative estimate of drug-likeness (QED) is 0.573. The van der Waals surface area contributed by atoms with E-state index in [1.165, 1.54) is 0 Å². The molecule has 0 aliphatic heterocycles. The number of hydrogen-bond acceptors (Lipinski definition) is 3. The van der Waals surface area contributed by atoms with E-state index in [-0.39, 0.29) is 12.5 Å². The molecule has 4 heteroatoms. The van der Waals surface area contributed by atoms with Crippen LogP contribution in [0.3, 0.4) is 0 Å². The number of nitrogens with zero attached hydrogens (tertiary/aromatic N) is 1. The lowest BCUT2D eigenvalue weighted by Gasteiger charge is -2.11. The number of hydrazone groups is 1. The summed E-state index contributed by atoms with van der Waals surface area (Å²) in [5.41, 5.74) is 6.58. The number of nitrogens with one attached hydrogen (secondary N) is 1. The maximum atomic E-state index is 12.1. The third-order valence-corrected chi connectivity index (χ3v) is 3.95. The van der Waals surface area contributed by atoms with Gasteiger partial charge in [-0.3, -0.25) is 4.79 Å². The summed E-state index contributed by atoms with van der Waals surface area (Å²) in [6.07, 6.45) is 2.94. The Labute approximate surface area is 149 Å². The van der Waals surface area contributed by atoms with E-state index in [9.17, 15) is 4.79 Å². The van der Waals surface area contributed by atoms with Crippen molar-refractivity contribution in [3.05, 3.63) is 65.2 Å². The molecule has 0 heterocycles. The molecule has 1 amide bonds. The predicted molar refractivity (Wildman–Crippen MR) is 102 cm³/mol. The third kappa shape index (κ3) is 5.75. The second-order valence-corrected chi connectivity index (χ2v) is 6.07. The maximum absolute atomic E-state index is 12.1. The van der Waals surface area contributed by atoms with Gasteiger partial charge in [0.1, 0.15) is 5.75 Å². The van der Waals surface area contributed by atoms with E-state index in [1.807, 2.05) is 62.4 Å². The van der Waals surface area contributed by atoms with Crippen molar-refractivity contribution in [2.24, 2.45) is 5.10 Å². The standard InChI is InChI=1S/C21H26N2O2/c1-4-5-14-19(18-12-7-6-8-13-18)22-23-20(24)15-25-21-16(2)10-9-11-17(21)3/h6-13H,4-5,14-15H2,1-3H3,(H,23,24). The molecule has 0 spiro atoms. The fourth-order valence-corrected chi connectivity index (χ4v) is 2.57. The van der Waals surface area contributed by atoms with Crippen LogP contribution in [-0.4, -0.2) is 18.2 Å². The summed E-state index contributed by atoms with van der Waals surface area (Å²) in [6, 6.07) is 15.8. The molecule has 0 atom stereocenters. The van der Waals surface area contributed by atoms with Gasteiger partial charge in [-0.2, -0.15) is 5.10 Å². The minimum Gasteiger partial charge on any atom is -0.483 e. The molecule has 0 saturated carbocycles. The number of para-hydroxylation sites is 1. The summed E-state index contributed by atoms with van der Waals surface area (Å²) in [5.74, 6) is 0.503. The Hall–Kier alpha value is -2.62. The van der Waals surface area contributed by atoms with Crippen molar-refractivity contribution in [1.29, 1.82) is 0 Å². The Morgan fingerprint density at radius 1 is 1.04 bits per heavy atom. The number of rotatable bonds is 8.